The van der Waals surface area contributed by atoms with E-state index in [0.717, 1.165) is 38.5 Å². The molecule has 0 spiro atoms. The molecule has 0 fully saturated rings. The fourth-order valence-corrected chi connectivity index (χ4v) is 3.65. The molecule has 0 bridgehead atoms. The second-order valence-corrected chi connectivity index (χ2v) is 8.09. The number of hydrogen-bond acceptors (Lipinski definition) is 2. The Bertz CT molecular complexity index is 385. The van der Waals surface area contributed by atoms with Crippen molar-refractivity contribution >= 4 is 11.8 Å². The minimum absolute atomic E-state index is 0.146. The fourth-order valence-electron chi connectivity index (χ4n) is 3.65. The molecule has 1 unspecified atom stereocenters. The third-order valence-electron chi connectivity index (χ3n) is 5.64. The Kier molecular flexibility index (Phi) is 16.4. The zero-order valence-corrected chi connectivity index (χ0v) is 18.4. The lowest BCUT2D eigenvalue weighted by atomic mass is 9.76. The number of rotatable bonds is 19. The summed E-state index contributed by atoms with van der Waals surface area (Å²) in [5.41, 5.74) is 4.73. The predicted molar refractivity (Wildman–Crippen MR) is 116 cm³/mol. The molecule has 160 valence electrons. The van der Waals surface area contributed by atoms with Gasteiger partial charge in [-0.25, -0.2) is 0 Å². The number of carbonyl (C=O) groups excluding carboxylic acids is 2. The third kappa shape index (κ3) is 11.4. The quantitative estimate of drug-likeness (QED) is 0.216. The van der Waals surface area contributed by atoms with Gasteiger partial charge in [0.15, 0.2) is 0 Å². The lowest BCUT2D eigenvalue weighted by Crippen LogP contribution is -2.50. The van der Waals surface area contributed by atoms with E-state index < -0.39 is 11.3 Å². The van der Waals surface area contributed by atoms with Gasteiger partial charge in [-0.1, -0.05) is 104 Å². The largest absolute Gasteiger partial charge is 0.369 e. The Hall–Kier alpha value is -1.06. The Labute approximate surface area is 168 Å². The van der Waals surface area contributed by atoms with Crippen LogP contribution in [0.2, 0.25) is 0 Å². The Balaban J connectivity index is 4.34. The van der Waals surface area contributed by atoms with Crippen LogP contribution in [0.4, 0.5) is 0 Å². The first-order valence-corrected chi connectivity index (χ1v) is 11.6. The van der Waals surface area contributed by atoms with Crippen LogP contribution >= 0.6 is 0 Å². The number of unbranched alkanes of at least 4 members (excludes halogenated alkanes) is 11. The lowest BCUT2D eigenvalue weighted by Gasteiger charge is -2.29. The van der Waals surface area contributed by atoms with Gasteiger partial charge in [-0.3, -0.25) is 9.59 Å². The number of hydrogen-bond donors (Lipinski definition) is 2. The minimum Gasteiger partial charge on any atom is -0.369 e. The highest BCUT2D eigenvalue weighted by atomic mass is 16.2. The second-order valence-electron chi connectivity index (χ2n) is 8.09. The van der Waals surface area contributed by atoms with Crippen molar-refractivity contribution in [2.24, 2.45) is 11.1 Å². The summed E-state index contributed by atoms with van der Waals surface area (Å²) >= 11 is 0. The van der Waals surface area contributed by atoms with Gasteiger partial charge in [0.2, 0.25) is 11.8 Å². The van der Waals surface area contributed by atoms with Gasteiger partial charge in [-0.05, 0) is 19.3 Å². The van der Waals surface area contributed by atoms with Crippen molar-refractivity contribution in [3.8, 4) is 0 Å². The van der Waals surface area contributed by atoms with E-state index in [9.17, 15) is 9.59 Å². The lowest BCUT2D eigenvalue weighted by molar-refractivity contribution is -0.143. The van der Waals surface area contributed by atoms with Crippen LogP contribution in [0.5, 0.6) is 0 Å². The molecule has 0 aliphatic heterocycles. The van der Waals surface area contributed by atoms with Crippen molar-refractivity contribution in [3.05, 3.63) is 0 Å². The molecular formula is C23H46N2O2. The Morgan fingerprint density at radius 3 is 1.59 bits per heavy atom. The standard InChI is InChI=1S/C23H46N2O2/c1-4-7-10-11-12-13-14-15-16-17-19-23(21(24)26,18-8-5-2)22(27)25-20-9-6-3/h4-20H2,1-3H3,(H2,24,26)(H,25,27). The van der Waals surface area contributed by atoms with E-state index in [4.69, 9.17) is 5.73 Å². The van der Waals surface area contributed by atoms with Gasteiger partial charge in [0.25, 0.3) is 0 Å². The van der Waals surface area contributed by atoms with Crippen LogP contribution < -0.4 is 11.1 Å². The third-order valence-corrected chi connectivity index (χ3v) is 5.64. The van der Waals surface area contributed by atoms with Crippen molar-refractivity contribution in [3.63, 3.8) is 0 Å². The normalized spacial score (nSPS) is 13.3. The van der Waals surface area contributed by atoms with Crippen LogP contribution in [0.3, 0.4) is 0 Å². The van der Waals surface area contributed by atoms with Crippen LogP contribution in [0, 0.1) is 5.41 Å². The van der Waals surface area contributed by atoms with Crippen molar-refractivity contribution < 1.29 is 9.59 Å². The number of nitrogens with one attached hydrogen (secondary N) is 1. The number of primary amides is 1. The van der Waals surface area contributed by atoms with Gasteiger partial charge in [0.1, 0.15) is 5.41 Å². The molecule has 27 heavy (non-hydrogen) atoms. The summed E-state index contributed by atoms with van der Waals surface area (Å²) in [4.78, 5) is 25.0. The van der Waals surface area contributed by atoms with E-state index in [1.807, 2.05) is 0 Å². The summed E-state index contributed by atoms with van der Waals surface area (Å²) in [6.07, 6.45) is 17.4. The molecule has 0 aliphatic rings. The van der Waals surface area contributed by atoms with Crippen LogP contribution in [-0.2, 0) is 9.59 Å². The maximum absolute atomic E-state index is 12.8. The molecule has 0 saturated heterocycles. The Morgan fingerprint density at radius 1 is 0.667 bits per heavy atom. The van der Waals surface area contributed by atoms with E-state index in [0.29, 0.717) is 19.4 Å². The average Bonchev–Trinajstić information content (AvgIpc) is 2.65. The van der Waals surface area contributed by atoms with Gasteiger partial charge in [0.05, 0.1) is 0 Å². The molecule has 0 radical (unpaired) electrons. The summed E-state index contributed by atoms with van der Waals surface area (Å²) in [6, 6.07) is 0. The van der Waals surface area contributed by atoms with E-state index in [1.54, 1.807) is 0 Å². The summed E-state index contributed by atoms with van der Waals surface area (Å²) in [5.74, 6) is -0.589. The highest BCUT2D eigenvalue weighted by Crippen LogP contribution is 2.32. The number of carbonyl (C=O) groups is 2. The van der Waals surface area contributed by atoms with Gasteiger partial charge in [-0.2, -0.15) is 0 Å². The molecule has 0 saturated carbocycles. The monoisotopic (exact) mass is 382 g/mol. The van der Waals surface area contributed by atoms with E-state index in [1.165, 1.54) is 51.4 Å². The molecule has 4 heteroatoms. The maximum Gasteiger partial charge on any atom is 0.235 e. The van der Waals surface area contributed by atoms with Crippen molar-refractivity contribution in [2.75, 3.05) is 6.54 Å². The highest BCUT2D eigenvalue weighted by Gasteiger charge is 2.42. The first-order valence-electron chi connectivity index (χ1n) is 11.6. The molecule has 0 aromatic rings. The van der Waals surface area contributed by atoms with Gasteiger partial charge >= 0.3 is 0 Å². The van der Waals surface area contributed by atoms with E-state index in [-0.39, 0.29) is 5.91 Å². The molecule has 3 N–H and O–H groups in total. The van der Waals surface area contributed by atoms with Crippen molar-refractivity contribution in [1.29, 1.82) is 0 Å². The average molecular weight is 383 g/mol. The summed E-state index contributed by atoms with van der Waals surface area (Å²) in [5, 5.41) is 2.96. The van der Waals surface area contributed by atoms with E-state index in [2.05, 4.69) is 26.1 Å². The SMILES string of the molecule is CCCCCCCCCCCCC(CCCC)(C(N)=O)C(=O)NCCCC. The van der Waals surface area contributed by atoms with Crippen molar-refractivity contribution in [1.82, 2.24) is 5.32 Å². The molecule has 0 aromatic carbocycles. The molecular weight excluding hydrogens is 336 g/mol. The molecule has 0 aliphatic carbocycles. The first-order chi connectivity index (χ1) is 13.0. The maximum atomic E-state index is 12.8. The summed E-state index contributed by atoms with van der Waals surface area (Å²) in [6.45, 7) is 7.06. The topological polar surface area (TPSA) is 72.2 Å². The van der Waals surface area contributed by atoms with Crippen LogP contribution in [0.15, 0.2) is 0 Å². The summed E-state index contributed by atoms with van der Waals surface area (Å²) in [7, 11) is 0. The number of amides is 2. The molecule has 1 atom stereocenters. The fraction of sp³-hybridized carbons (Fsp3) is 0.913. The zero-order chi connectivity index (χ0) is 20.4. The highest BCUT2D eigenvalue weighted by molar-refractivity contribution is 6.04. The van der Waals surface area contributed by atoms with Crippen LogP contribution in [-0.4, -0.2) is 18.4 Å². The number of nitrogens with two attached hydrogens (primary N) is 1. The molecule has 0 aromatic heterocycles. The molecule has 2 amide bonds. The predicted octanol–water partition coefficient (Wildman–Crippen LogP) is 5.88. The summed E-state index contributed by atoms with van der Waals surface area (Å²) < 4.78 is 0. The molecule has 4 nitrogen and oxygen atoms in total. The first kappa shape index (κ1) is 25.9. The van der Waals surface area contributed by atoms with Gasteiger partial charge in [0, 0.05) is 6.54 Å². The van der Waals surface area contributed by atoms with Crippen molar-refractivity contribution in [2.45, 2.75) is 124 Å². The van der Waals surface area contributed by atoms with E-state index >= 15 is 0 Å². The Morgan fingerprint density at radius 2 is 1.11 bits per heavy atom. The minimum atomic E-state index is -1.01. The van der Waals surface area contributed by atoms with Crippen LogP contribution in [0.1, 0.15) is 124 Å². The molecule has 0 rings (SSSR count). The van der Waals surface area contributed by atoms with Gasteiger partial charge in [-0.15, -0.1) is 0 Å². The second kappa shape index (κ2) is 17.1. The molecule has 0 heterocycles. The van der Waals surface area contributed by atoms with Crippen LogP contribution in [0.25, 0.3) is 0 Å². The smallest absolute Gasteiger partial charge is 0.235 e. The zero-order valence-electron chi connectivity index (χ0n) is 18.4. The van der Waals surface area contributed by atoms with Gasteiger partial charge < -0.3 is 11.1 Å².